The summed E-state index contributed by atoms with van der Waals surface area (Å²) in [4.78, 5) is 23.3. The summed E-state index contributed by atoms with van der Waals surface area (Å²) in [5.41, 5.74) is 2.11. The van der Waals surface area contributed by atoms with Gasteiger partial charge in [0.05, 0.1) is 18.4 Å². The molecule has 0 aliphatic heterocycles. The Morgan fingerprint density at radius 1 is 1.07 bits per heavy atom. The maximum absolute atomic E-state index is 11.9. The van der Waals surface area contributed by atoms with E-state index in [1.807, 2.05) is 0 Å². The smallest absolute Gasteiger partial charge is 0.337 e. The average molecular weight is 367 g/mol. The molecule has 3 aromatic rings. The predicted molar refractivity (Wildman–Crippen MR) is 94.3 cm³/mol. The number of rotatable bonds is 7. The number of hydrogen-bond acceptors (Lipinski definition) is 7. The fourth-order valence-corrected chi connectivity index (χ4v) is 2.25. The molecule has 0 aliphatic carbocycles. The Labute approximate surface area is 154 Å². The third kappa shape index (κ3) is 4.88. The van der Waals surface area contributed by atoms with Crippen LogP contribution in [0.3, 0.4) is 0 Å². The fourth-order valence-electron chi connectivity index (χ4n) is 2.25. The van der Waals surface area contributed by atoms with Gasteiger partial charge in [0.1, 0.15) is 12.1 Å². The van der Waals surface area contributed by atoms with Gasteiger partial charge in [0.15, 0.2) is 6.61 Å². The summed E-state index contributed by atoms with van der Waals surface area (Å²) in [6.45, 7) is 0.229. The standard InChI is InChI=1S/C18H17N5O4/c1-26-18(25)14-4-2-13(3-5-14)10-19-17(24)11-27-16-8-6-15(7-9-16)23-12-20-21-22-23/h2-9,12H,10-11H2,1H3,(H,19,24). The topological polar surface area (TPSA) is 108 Å². The van der Waals surface area contributed by atoms with Crippen LogP contribution < -0.4 is 10.1 Å². The first-order valence-electron chi connectivity index (χ1n) is 8.06. The number of hydrogen-bond donors (Lipinski definition) is 1. The van der Waals surface area contributed by atoms with E-state index in [9.17, 15) is 9.59 Å². The molecule has 1 heterocycles. The van der Waals surface area contributed by atoms with Crippen LogP contribution in [0.25, 0.3) is 5.69 Å². The van der Waals surface area contributed by atoms with Crippen LogP contribution in [-0.4, -0.2) is 45.8 Å². The zero-order valence-electron chi connectivity index (χ0n) is 14.5. The minimum atomic E-state index is -0.398. The van der Waals surface area contributed by atoms with Crippen LogP contribution in [0.1, 0.15) is 15.9 Å². The van der Waals surface area contributed by atoms with Crippen LogP contribution in [0.5, 0.6) is 5.75 Å². The van der Waals surface area contributed by atoms with Crippen molar-refractivity contribution in [2.45, 2.75) is 6.54 Å². The Morgan fingerprint density at radius 2 is 1.81 bits per heavy atom. The van der Waals surface area contributed by atoms with E-state index < -0.39 is 5.97 Å². The molecule has 0 unspecified atom stereocenters. The van der Waals surface area contributed by atoms with E-state index in [1.54, 1.807) is 48.5 Å². The highest BCUT2D eigenvalue weighted by Gasteiger charge is 2.06. The van der Waals surface area contributed by atoms with Gasteiger partial charge in [-0.1, -0.05) is 12.1 Å². The van der Waals surface area contributed by atoms with Gasteiger partial charge in [0, 0.05) is 6.54 Å². The number of carbonyl (C=O) groups is 2. The lowest BCUT2D eigenvalue weighted by Gasteiger charge is -2.08. The first-order chi connectivity index (χ1) is 13.2. The van der Waals surface area contributed by atoms with Crippen molar-refractivity contribution >= 4 is 11.9 Å². The Bertz CT molecular complexity index is 893. The minimum absolute atomic E-state index is 0.107. The van der Waals surface area contributed by atoms with Gasteiger partial charge < -0.3 is 14.8 Å². The quantitative estimate of drug-likeness (QED) is 0.624. The van der Waals surface area contributed by atoms with E-state index in [-0.39, 0.29) is 12.5 Å². The van der Waals surface area contributed by atoms with Crippen molar-refractivity contribution in [2.75, 3.05) is 13.7 Å². The fraction of sp³-hybridized carbons (Fsp3) is 0.167. The zero-order chi connectivity index (χ0) is 19.1. The molecule has 1 N–H and O–H groups in total. The Hall–Kier alpha value is -3.75. The summed E-state index contributed by atoms with van der Waals surface area (Å²) in [6, 6.07) is 13.8. The molecule has 3 rings (SSSR count). The highest BCUT2D eigenvalue weighted by Crippen LogP contribution is 2.14. The monoisotopic (exact) mass is 367 g/mol. The number of amides is 1. The van der Waals surface area contributed by atoms with Crippen LogP contribution in [0.2, 0.25) is 0 Å². The number of methoxy groups -OCH3 is 1. The number of tetrazole rings is 1. The zero-order valence-corrected chi connectivity index (χ0v) is 14.5. The third-order valence-electron chi connectivity index (χ3n) is 3.68. The first kappa shape index (κ1) is 18.1. The van der Waals surface area contributed by atoms with Crippen LogP contribution in [0.15, 0.2) is 54.9 Å². The first-order valence-corrected chi connectivity index (χ1v) is 8.06. The van der Waals surface area contributed by atoms with Crippen LogP contribution >= 0.6 is 0 Å². The van der Waals surface area contributed by atoms with Gasteiger partial charge in [-0.05, 0) is 52.4 Å². The molecule has 0 atom stereocenters. The number of esters is 1. The molecular weight excluding hydrogens is 350 g/mol. The summed E-state index contributed by atoms with van der Waals surface area (Å²) in [5, 5.41) is 13.7. The molecule has 9 nitrogen and oxygen atoms in total. The van der Waals surface area contributed by atoms with E-state index in [2.05, 4.69) is 25.6 Å². The van der Waals surface area contributed by atoms with E-state index in [4.69, 9.17) is 4.74 Å². The molecule has 0 saturated carbocycles. The molecule has 0 spiro atoms. The second-order valence-electron chi connectivity index (χ2n) is 5.50. The average Bonchev–Trinajstić information content (AvgIpc) is 3.26. The Kier molecular flexibility index (Phi) is 5.73. The number of nitrogens with one attached hydrogen (secondary N) is 1. The summed E-state index contributed by atoms with van der Waals surface area (Å²) in [7, 11) is 1.33. The molecule has 0 bridgehead atoms. The summed E-state index contributed by atoms with van der Waals surface area (Å²) in [6.07, 6.45) is 1.49. The number of ether oxygens (including phenoxy) is 2. The molecule has 1 amide bonds. The van der Waals surface area contributed by atoms with E-state index in [0.29, 0.717) is 17.9 Å². The van der Waals surface area contributed by atoms with Crippen molar-refractivity contribution in [1.29, 1.82) is 0 Å². The second kappa shape index (κ2) is 8.56. The third-order valence-corrected chi connectivity index (χ3v) is 3.68. The number of carbonyl (C=O) groups excluding carboxylic acids is 2. The summed E-state index contributed by atoms with van der Waals surface area (Å²) < 4.78 is 11.6. The lowest BCUT2D eigenvalue weighted by Crippen LogP contribution is -2.28. The van der Waals surface area contributed by atoms with Crippen molar-refractivity contribution in [3.8, 4) is 11.4 Å². The van der Waals surface area contributed by atoms with Gasteiger partial charge >= 0.3 is 5.97 Å². The second-order valence-corrected chi connectivity index (χ2v) is 5.50. The van der Waals surface area contributed by atoms with Gasteiger partial charge in [0.2, 0.25) is 0 Å². The molecule has 138 valence electrons. The maximum Gasteiger partial charge on any atom is 0.337 e. The van der Waals surface area contributed by atoms with Gasteiger partial charge in [-0.2, -0.15) is 0 Å². The van der Waals surface area contributed by atoms with Crippen LogP contribution in [-0.2, 0) is 16.1 Å². The molecule has 0 radical (unpaired) electrons. The Morgan fingerprint density at radius 3 is 2.44 bits per heavy atom. The van der Waals surface area contributed by atoms with Gasteiger partial charge in [-0.15, -0.1) is 5.10 Å². The number of nitrogens with zero attached hydrogens (tertiary/aromatic N) is 4. The van der Waals surface area contributed by atoms with Crippen molar-refractivity contribution in [2.24, 2.45) is 0 Å². The molecule has 0 saturated heterocycles. The maximum atomic E-state index is 11.9. The normalized spacial score (nSPS) is 10.3. The molecule has 27 heavy (non-hydrogen) atoms. The van der Waals surface area contributed by atoms with E-state index >= 15 is 0 Å². The van der Waals surface area contributed by atoms with Crippen LogP contribution in [0.4, 0.5) is 0 Å². The van der Waals surface area contributed by atoms with Crippen molar-refractivity contribution in [1.82, 2.24) is 25.5 Å². The summed E-state index contributed by atoms with van der Waals surface area (Å²) >= 11 is 0. The lowest BCUT2D eigenvalue weighted by molar-refractivity contribution is -0.123. The highest BCUT2D eigenvalue weighted by atomic mass is 16.5. The van der Waals surface area contributed by atoms with Gasteiger partial charge in [0.25, 0.3) is 5.91 Å². The van der Waals surface area contributed by atoms with Gasteiger partial charge in [-0.25, -0.2) is 9.48 Å². The van der Waals surface area contributed by atoms with Crippen LogP contribution in [0, 0.1) is 0 Å². The molecule has 1 aromatic heterocycles. The summed E-state index contributed by atoms with van der Waals surface area (Å²) in [5.74, 6) is -0.0916. The lowest BCUT2D eigenvalue weighted by atomic mass is 10.1. The molecule has 2 aromatic carbocycles. The van der Waals surface area contributed by atoms with E-state index in [1.165, 1.54) is 18.1 Å². The van der Waals surface area contributed by atoms with Crippen molar-refractivity contribution in [3.05, 3.63) is 66.0 Å². The SMILES string of the molecule is COC(=O)c1ccc(CNC(=O)COc2ccc(-n3cnnn3)cc2)cc1. The molecule has 0 aliphatic rings. The molecular formula is C18H17N5O4. The predicted octanol–water partition coefficient (Wildman–Crippen LogP) is 1.14. The number of benzene rings is 2. The minimum Gasteiger partial charge on any atom is -0.484 e. The molecule has 0 fully saturated rings. The van der Waals surface area contributed by atoms with Gasteiger partial charge in [-0.3, -0.25) is 4.79 Å². The van der Waals surface area contributed by atoms with Crippen molar-refractivity contribution < 1.29 is 19.1 Å². The van der Waals surface area contributed by atoms with E-state index in [0.717, 1.165) is 11.3 Å². The largest absolute Gasteiger partial charge is 0.484 e. The Balaban J connectivity index is 1.45. The van der Waals surface area contributed by atoms with Crippen molar-refractivity contribution in [3.63, 3.8) is 0 Å². The number of aromatic nitrogens is 4. The molecule has 9 heteroatoms. The highest BCUT2D eigenvalue weighted by molar-refractivity contribution is 5.89.